The number of carbonyl (C=O) groups excluding carboxylic acids is 1. The molecule has 0 aliphatic heterocycles. The van der Waals surface area contributed by atoms with Crippen LogP contribution in [0.3, 0.4) is 0 Å². The molecular formula is C8H12O4. The summed E-state index contributed by atoms with van der Waals surface area (Å²) in [7, 11) is 0. The lowest BCUT2D eigenvalue weighted by Crippen LogP contribution is -2.11. The number of carboxylic acids is 1. The summed E-state index contributed by atoms with van der Waals surface area (Å²) in [6.45, 7) is 2.29. The van der Waals surface area contributed by atoms with Crippen molar-refractivity contribution in [3.05, 3.63) is 0 Å². The highest BCUT2D eigenvalue weighted by Gasteiger charge is 2.49. The molecule has 68 valence electrons. The van der Waals surface area contributed by atoms with Crippen LogP contribution in [0.1, 0.15) is 19.8 Å². The Hall–Kier alpha value is -1.06. The third-order valence-electron chi connectivity index (χ3n) is 1.86. The van der Waals surface area contributed by atoms with Gasteiger partial charge in [-0.1, -0.05) is 6.92 Å². The molecule has 0 spiro atoms. The van der Waals surface area contributed by atoms with Crippen molar-refractivity contribution in [2.75, 3.05) is 6.61 Å². The highest BCUT2D eigenvalue weighted by atomic mass is 16.5. The SMILES string of the molecule is CCCOC(=O)C1CC1C(=O)O. The van der Waals surface area contributed by atoms with Crippen molar-refractivity contribution in [1.29, 1.82) is 0 Å². The van der Waals surface area contributed by atoms with E-state index in [4.69, 9.17) is 9.84 Å². The van der Waals surface area contributed by atoms with E-state index < -0.39 is 11.9 Å². The summed E-state index contributed by atoms with van der Waals surface area (Å²) >= 11 is 0. The molecule has 0 heterocycles. The first-order valence-electron chi connectivity index (χ1n) is 4.06. The molecule has 12 heavy (non-hydrogen) atoms. The average molecular weight is 172 g/mol. The molecule has 0 radical (unpaired) electrons. The van der Waals surface area contributed by atoms with Gasteiger partial charge in [0.1, 0.15) is 0 Å². The maximum atomic E-state index is 11.0. The van der Waals surface area contributed by atoms with E-state index in [0.29, 0.717) is 13.0 Å². The van der Waals surface area contributed by atoms with Gasteiger partial charge < -0.3 is 9.84 Å². The Morgan fingerprint density at radius 1 is 1.50 bits per heavy atom. The van der Waals surface area contributed by atoms with E-state index >= 15 is 0 Å². The molecule has 1 aliphatic rings. The number of hydrogen-bond donors (Lipinski definition) is 1. The van der Waals surface area contributed by atoms with E-state index in [0.717, 1.165) is 6.42 Å². The number of ether oxygens (including phenoxy) is 1. The molecule has 4 heteroatoms. The molecule has 1 N–H and O–H groups in total. The van der Waals surface area contributed by atoms with Crippen molar-refractivity contribution < 1.29 is 19.4 Å². The number of rotatable bonds is 4. The van der Waals surface area contributed by atoms with Gasteiger partial charge in [0.25, 0.3) is 0 Å². The van der Waals surface area contributed by atoms with E-state index in [9.17, 15) is 9.59 Å². The van der Waals surface area contributed by atoms with E-state index in [1.807, 2.05) is 6.92 Å². The molecule has 0 aromatic heterocycles. The average Bonchev–Trinajstić information content (AvgIpc) is 2.78. The Balaban J connectivity index is 2.24. The van der Waals surface area contributed by atoms with Gasteiger partial charge in [0.05, 0.1) is 18.4 Å². The Morgan fingerprint density at radius 3 is 2.58 bits per heavy atom. The molecule has 0 saturated heterocycles. The lowest BCUT2D eigenvalue weighted by Gasteiger charge is -1.99. The van der Waals surface area contributed by atoms with Crippen LogP contribution >= 0.6 is 0 Å². The van der Waals surface area contributed by atoms with Gasteiger partial charge in [0.15, 0.2) is 0 Å². The lowest BCUT2D eigenvalue weighted by molar-refractivity contribution is -0.148. The quantitative estimate of drug-likeness (QED) is 0.633. The van der Waals surface area contributed by atoms with Crippen LogP contribution in [-0.4, -0.2) is 23.7 Å². The molecule has 0 aromatic carbocycles. The molecular weight excluding hydrogens is 160 g/mol. The first-order valence-corrected chi connectivity index (χ1v) is 4.06. The fraction of sp³-hybridized carbons (Fsp3) is 0.750. The minimum atomic E-state index is -0.895. The number of carboxylic acid groups (broad SMARTS) is 1. The zero-order valence-electron chi connectivity index (χ0n) is 6.95. The van der Waals surface area contributed by atoms with Crippen molar-refractivity contribution >= 4 is 11.9 Å². The van der Waals surface area contributed by atoms with Crippen LogP contribution in [0.2, 0.25) is 0 Å². The molecule has 1 saturated carbocycles. The monoisotopic (exact) mass is 172 g/mol. The molecule has 0 aromatic rings. The number of aliphatic carboxylic acids is 1. The minimum Gasteiger partial charge on any atom is -0.481 e. The molecule has 1 fully saturated rings. The van der Waals surface area contributed by atoms with Gasteiger partial charge in [-0.3, -0.25) is 9.59 Å². The van der Waals surface area contributed by atoms with Crippen LogP contribution in [0.25, 0.3) is 0 Å². The topological polar surface area (TPSA) is 63.6 Å². The van der Waals surface area contributed by atoms with Crippen LogP contribution in [-0.2, 0) is 14.3 Å². The van der Waals surface area contributed by atoms with Crippen molar-refractivity contribution in [2.24, 2.45) is 11.8 Å². The van der Waals surface area contributed by atoms with Gasteiger partial charge in [-0.15, -0.1) is 0 Å². The largest absolute Gasteiger partial charge is 0.481 e. The normalized spacial score (nSPS) is 26.4. The molecule has 2 unspecified atom stereocenters. The lowest BCUT2D eigenvalue weighted by atomic mass is 10.3. The zero-order valence-corrected chi connectivity index (χ0v) is 6.95. The summed E-state index contributed by atoms with van der Waals surface area (Å²) in [5.41, 5.74) is 0. The summed E-state index contributed by atoms with van der Waals surface area (Å²) in [6, 6.07) is 0. The summed E-state index contributed by atoms with van der Waals surface area (Å²) in [5.74, 6) is -2.12. The number of carbonyl (C=O) groups is 2. The Labute approximate surface area is 70.5 Å². The fourth-order valence-corrected chi connectivity index (χ4v) is 1.04. The standard InChI is InChI=1S/C8H12O4/c1-2-3-12-8(11)6-4-5(6)7(9)10/h5-6H,2-4H2,1H3,(H,9,10). The molecule has 2 atom stereocenters. The van der Waals surface area contributed by atoms with Crippen molar-refractivity contribution in [3.63, 3.8) is 0 Å². The summed E-state index contributed by atoms with van der Waals surface area (Å²) < 4.78 is 4.79. The van der Waals surface area contributed by atoms with E-state index in [2.05, 4.69) is 0 Å². The predicted octanol–water partition coefficient (Wildman–Crippen LogP) is 0.660. The van der Waals surface area contributed by atoms with Gasteiger partial charge in [0, 0.05) is 0 Å². The minimum absolute atomic E-state index is 0.357. The summed E-state index contributed by atoms with van der Waals surface area (Å²) in [5, 5.41) is 8.49. The number of esters is 1. The number of hydrogen-bond acceptors (Lipinski definition) is 3. The predicted molar refractivity (Wildman–Crippen MR) is 40.5 cm³/mol. The highest BCUT2D eigenvalue weighted by Crippen LogP contribution is 2.39. The Bertz CT molecular complexity index is 199. The van der Waals surface area contributed by atoms with Crippen LogP contribution < -0.4 is 0 Å². The van der Waals surface area contributed by atoms with E-state index in [1.54, 1.807) is 0 Å². The molecule has 1 aliphatic carbocycles. The smallest absolute Gasteiger partial charge is 0.309 e. The van der Waals surface area contributed by atoms with Gasteiger partial charge >= 0.3 is 11.9 Å². The second kappa shape index (κ2) is 3.56. The third kappa shape index (κ3) is 1.96. The van der Waals surface area contributed by atoms with Crippen molar-refractivity contribution in [2.45, 2.75) is 19.8 Å². The highest BCUT2D eigenvalue weighted by molar-refractivity contribution is 5.86. The van der Waals surface area contributed by atoms with Crippen LogP contribution in [0.5, 0.6) is 0 Å². The van der Waals surface area contributed by atoms with Crippen LogP contribution in [0.4, 0.5) is 0 Å². The first-order chi connectivity index (χ1) is 5.66. The third-order valence-corrected chi connectivity index (χ3v) is 1.86. The fourth-order valence-electron chi connectivity index (χ4n) is 1.04. The van der Waals surface area contributed by atoms with Crippen LogP contribution in [0.15, 0.2) is 0 Å². The summed E-state index contributed by atoms with van der Waals surface area (Å²) in [6.07, 6.45) is 1.22. The van der Waals surface area contributed by atoms with E-state index in [-0.39, 0.29) is 11.9 Å². The molecule has 1 rings (SSSR count). The summed E-state index contributed by atoms with van der Waals surface area (Å²) in [4.78, 5) is 21.3. The Morgan fingerprint density at radius 2 is 2.17 bits per heavy atom. The molecule has 0 amide bonds. The van der Waals surface area contributed by atoms with Gasteiger partial charge in [0.2, 0.25) is 0 Å². The second-order valence-electron chi connectivity index (χ2n) is 2.95. The Kier molecular flexibility index (Phi) is 2.68. The molecule has 0 bridgehead atoms. The second-order valence-corrected chi connectivity index (χ2v) is 2.95. The zero-order chi connectivity index (χ0) is 9.14. The first kappa shape index (κ1) is 9.03. The van der Waals surface area contributed by atoms with Crippen LogP contribution in [0, 0.1) is 11.8 Å². The maximum Gasteiger partial charge on any atom is 0.309 e. The van der Waals surface area contributed by atoms with Gasteiger partial charge in [-0.05, 0) is 12.8 Å². The van der Waals surface area contributed by atoms with E-state index in [1.165, 1.54) is 0 Å². The van der Waals surface area contributed by atoms with Gasteiger partial charge in [-0.25, -0.2) is 0 Å². The van der Waals surface area contributed by atoms with Gasteiger partial charge in [-0.2, -0.15) is 0 Å². The molecule has 4 nitrogen and oxygen atoms in total. The van der Waals surface area contributed by atoms with Crippen molar-refractivity contribution in [3.8, 4) is 0 Å². The maximum absolute atomic E-state index is 11.0. The van der Waals surface area contributed by atoms with Crippen molar-refractivity contribution in [1.82, 2.24) is 0 Å².